The SMILES string of the molecule is C=C(C)[C@H](C)CC[C@H](C)[C@H]1CC[C@@]2(C)[C@@H]3CC[C@@H]4C(C)(C)[C@@H](O)CC[C@@]45C[C@@]35CC[C@]12C. The van der Waals surface area contributed by atoms with Crippen molar-refractivity contribution in [3.05, 3.63) is 12.2 Å². The van der Waals surface area contributed by atoms with Crippen LogP contribution in [0.5, 0.6) is 0 Å². The van der Waals surface area contributed by atoms with E-state index in [2.05, 4.69) is 55.0 Å². The van der Waals surface area contributed by atoms with Gasteiger partial charge in [0.15, 0.2) is 0 Å². The van der Waals surface area contributed by atoms with E-state index in [4.69, 9.17) is 0 Å². The summed E-state index contributed by atoms with van der Waals surface area (Å²) in [5.41, 5.74) is 3.71. The van der Waals surface area contributed by atoms with Crippen molar-refractivity contribution < 1.29 is 5.11 Å². The second-order valence-corrected chi connectivity index (χ2v) is 14.8. The molecule has 0 aromatic rings. The molecule has 5 aliphatic carbocycles. The second-order valence-electron chi connectivity index (χ2n) is 14.8. The van der Waals surface area contributed by atoms with Crippen LogP contribution >= 0.6 is 0 Å². The van der Waals surface area contributed by atoms with E-state index in [1.54, 1.807) is 0 Å². The van der Waals surface area contributed by atoms with Gasteiger partial charge in [0.25, 0.3) is 0 Å². The largest absolute Gasteiger partial charge is 0.393 e. The Morgan fingerprint density at radius 3 is 2.19 bits per heavy atom. The van der Waals surface area contributed by atoms with Crippen LogP contribution in [0.2, 0.25) is 0 Å². The highest BCUT2D eigenvalue weighted by Crippen LogP contribution is 2.89. The molecule has 5 saturated carbocycles. The Labute approximate surface area is 199 Å². The van der Waals surface area contributed by atoms with Crippen molar-refractivity contribution in [2.45, 2.75) is 125 Å². The fraction of sp³-hybridized carbons (Fsp3) is 0.935. The summed E-state index contributed by atoms with van der Waals surface area (Å²) in [6, 6.07) is 0. The normalized spacial score (nSPS) is 52.8. The third-order valence-corrected chi connectivity index (χ3v) is 13.7. The predicted molar refractivity (Wildman–Crippen MR) is 135 cm³/mol. The summed E-state index contributed by atoms with van der Waals surface area (Å²) in [6.07, 6.45) is 15.1. The van der Waals surface area contributed by atoms with Gasteiger partial charge in [-0.1, -0.05) is 53.7 Å². The monoisotopic (exact) mass is 440 g/mol. The molecule has 2 spiro atoms. The maximum Gasteiger partial charge on any atom is 0.0594 e. The summed E-state index contributed by atoms with van der Waals surface area (Å²) in [4.78, 5) is 0. The van der Waals surface area contributed by atoms with Gasteiger partial charge in [0.05, 0.1) is 6.10 Å². The topological polar surface area (TPSA) is 20.2 Å². The standard InChI is InChI=1S/C31H52O/c1-20(2)21(3)9-10-22(4)23-13-15-29(8)25-12-11-24-27(5,6)26(32)14-16-30(24)19-31(25,30)18-17-28(23,29)7/h21-26,32H,1,9-19H2,2-8H3/t21-,22+,23-,24-,25+,26+,28-,29+,30-,31+/m1/s1. The fourth-order valence-corrected chi connectivity index (χ4v) is 11.3. The molecule has 5 rings (SSSR count). The van der Waals surface area contributed by atoms with Crippen LogP contribution in [0.3, 0.4) is 0 Å². The molecule has 0 aromatic carbocycles. The van der Waals surface area contributed by atoms with Crippen molar-refractivity contribution >= 4 is 0 Å². The molecular formula is C31H52O. The summed E-state index contributed by atoms with van der Waals surface area (Å²) in [7, 11) is 0. The number of fused-ring (bicyclic) bond motifs is 2. The highest BCUT2D eigenvalue weighted by Gasteiger charge is 2.82. The van der Waals surface area contributed by atoms with Crippen molar-refractivity contribution in [2.75, 3.05) is 0 Å². The third kappa shape index (κ3) is 2.73. The molecule has 10 atom stereocenters. The van der Waals surface area contributed by atoms with E-state index >= 15 is 0 Å². The molecule has 1 heteroatoms. The molecule has 0 radical (unpaired) electrons. The van der Waals surface area contributed by atoms with Gasteiger partial charge in [0, 0.05) is 0 Å². The van der Waals surface area contributed by atoms with E-state index in [1.165, 1.54) is 69.8 Å². The van der Waals surface area contributed by atoms with Gasteiger partial charge >= 0.3 is 0 Å². The Hall–Kier alpha value is -0.300. The molecule has 0 aromatic heterocycles. The Kier molecular flexibility index (Phi) is 5.21. The molecule has 0 unspecified atom stereocenters. The zero-order chi connectivity index (χ0) is 23.3. The lowest BCUT2D eigenvalue weighted by atomic mass is 9.41. The van der Waals surface area contributed by atoms with Crippen molar-refractivity contribution in [2.24, 2.45) is 56.7 Å². The van der Waals surface area contributed by atoms with E-state index < -0.39 is 0 Å². The summed E-state index contributed by atoms with van der Waals surface area (Å²) in [5.74, 6) is 4.09. The Morgan fingerprint density at radius 2 is 1.50 bits per heavy atom. The third-order valence-electron chi connectivity index (χ3n) is 13.7. The number of rotatable bonds is 5. The highest BCUT2D eigenvalue weighted by atomic mass is 16.3. The first-order valence-electron chi connectivity index (χ1n) is 14.2. The predicted octanol–water partition coefficient (Wildman–Crippen LogP) is 8.41. The van der Waals surface area contributed by atoms with Gasteiger partial charge in [0.2, 0.25) is 0 Å². The van der Waals surface area contributed by atoms with Crippen LogP contribution in [-0.2, 0) is 0 Å². The summed E-state index contributed by atoms with van der Waals surface area (Å²) < 4.78 is 0. The van der Waals surface area contributed by atoms with Crippen LogP contribution in [-0.4, -0.2) is 11.2 Å². The van der Waals surface area contributed by atoms with E-state index in [9.17, 15) is 5.11 Å². The van der Waals surface area contributed by atoms with Gasteiger partial charge in [-0.05, 0) is 134 Å². The van der Waals surface area contributed by atoms with Gasteiger partial charge in [-0.15, -0.1) is 0 Å². The minimum atomic E-state index is -0.0879. The zero-order valence-electron chi connectivity index (χ0n) is 22.4. The van der Waals surface area contributed by atoms with Crippen LogP contribution in [0.15, 0.2) is 12.2 Å². The molecular weight excluding hydrogens is 388 g/mol. The zero-order valence-corrected chi connectivity index (χ0v) is 22.4. The second kappa shape index (κ2) is 7.11. The van der Waals surface area contributed by atoms with Crippen molar-refractivity contribution in [1.29, 1.82) is 0 Å². The van der Waals surface area contributed by atoms with Crippen LogP contribution in [0.25, 0.3) is 0 Å². The van der Waals surface area contributed by atoms with Gasteiger partial charge < -0.3 is 5.11 Å². The number of hydrogen-bond acceptors (Lipinski definition) is 1. The summed E-state index contributed by atoms with van der Waals surface area (Å²) in [5, 5.41) is 10.9. The van der Waals surface area contributed by atoms with Gasteiger partial charge in [-0.25, -0.2) is 0 Å². The molecule has 0 amide bonds. The van der Waals surface area contributed by atoms with E-state index in [0.29, 0.717) is 27.6 Å². The van der Waals surface area contributed by atoms with Gasteiger partial charge in [-0.2, -0.15) is 0 Å². The molecule has 32 heavy (non-hydrogen) atoms. The average molecular weight is 441 g/mol. The van der Waals surface area contributed by atoms with Crippen LogP contribution in [0.1, 0.15) is 119 Å². The Morgan fingerprint density at radius 1 is 0.844 bits per heavy atom. The van der Waals surface area contributed by atoms with Crippen molar-refractivity contribution in [3.63, 3.8) is 0 Å². The minimum absolute atomic E-state index is 0.0879. The molecule has 5 fully saturated rings. The van der Waals surface area contributed by atoms with Crippen molar-refractivity contribution in [3.8, 4) is 0 Å². The van der Waals surface area contributed by atoms with Crippen LogP contribution in [0, 0.1) is 56.7 Å². The highest BCUT2D eigenvalue weighted by molar-refractivity contribution is 5.30. The quantitative estimate of drug-likeness (QED) is 0.425. The van der Waals surface area contributed by atoms with E-state index in [1.807, 2.05) is 0 Å². The molecule has 1 nitrogen and oxygen atoms in total. The first-order valence-corrected chi connectivity index (χ1v) is 14.2. The first-order chi connectivity index (χ1) is 14.9. The Bertz CT molecular complexity index is 781. The lowest BCUT2D eigenvalue weighted by Crippen LogP contribution is -2.57. The average Bonchev–Trinajstić information content (AvgIpc) is 3.31. The molecule has 0 aliphatic heterocycles. The maximum atomic E-state index is 10.9. The number of aliphatic hydroxyl groups is 1. The smallest absolute Gasteiger partial charge is 0.0594 e. The van der Waals surface area contributed by atoms with Crippen molar-refractivity contribution in [1.82, 2.24) is 0 Å². The minimum Gasteiger partial charge on any atom is -0.393 e. The fourth-order valence-electron chi connectivity index (χ4n) is 11.3. The molecule has 182 valence electrons. The van der Waals surface area contributed by atoms with Gasteiger partial charge in [-0.3, -0.25) is 0 Å². The molecule has 1 N–H and O–H groups in total. The van der Waals surface area contributed by atoms with Crippen LogP contribution < -0.4 is 0 Å². The first kappa shape index (κ1) is 23.4. The molecule has 5 aliphatic rings. The van der Waals surface area contributed by atoms with Crippen LogP contribution in [0.4, 0.5) is 0 Å². The summed E-state index contributed by atoms with van der Waals surface area (Å²) in [6.45, 7) is 21.6. The lowest BCUT2D eigenvalue weighted by molar-refractivity contribution is -0.161. The van der Waals surface area contributed by atoms with E-state index in [-0.39, 0.29) is 11.5 Å². The lowest BCUT2D eigenvalue weighted by Gasteiger charge is -2.63. The molecule has 0 saturated heterocycles. The number of allylic oxidation sites excluding steroid dienone is 1. The number of aliphatic hydroxyl groups excluding tert-OH is 1. The van der Waals surface area contributed by atoms with E-state index in [0.717, 1.165) is 30.1 Å². The Balaban J connectivity index is 1.39. The molecule has 0 heterocycles. The summed E-state index contributed by atoms with van der Waals surface area (Å²) >= 11 is 0. The van der Waals surface area contributed by atoms with Gasteiger partial charge in [0.1, 0.15) is 0 Å². The number of hydrogen-bond donors (Lipinski definition) is 1. The maximum absolute atomic E-state index is 10.9. The molecule has 0 bridgehead atoms.